The molecule has 1 aliphatic rings. The summed E-state index contributed by atoms with van der Waals surface area (Å²) < 4.78 is 5.71. The SMILES string of the molecule is CC(C)(O)c1cnc(Nc2cnc(C#N)cn2)cc1NC[C@H]1CNCCO1. The Morgan fingerprint density at radius 2 is 2.11 bits per heavy atom. The number of hydrogen-bond donors (Lipinski definition) is 4. The zero-order valence-electron chi connectivity index (χ0n) is 15.4. The lowest BCUT2D eigenvalue weighted by Gasteiger charge is -2.27. The number of pyridine rings is 1. The number of nitrogens with one attached hydrogen (secondary N) is 3. The minimum atomic E-state index is -1.05. The van der Waals surface area contributed by atoms with Gasteiger partial charge in [-0.05, 0) is 13.8 Å². The molecule has 0 amide bonds. The van der Waals surface area contributed by atoms with Gasteiger partial charge in [-0.15, -0.1) is 0 Å². The van der Waals surface area contributed by atoms with E-state index >= 15 is 0 Å². The van der Waals surface area contributed by atoms with Crippen molar-refractivity contribution in [2.24, 2.45) is 0 Å². The number of nitriles is 1. The van der Waals surface area contributed by atoms with Crippen LogP contribution in [-0.4, -0.2) is 52.4 Å². The summed E-state index contributed by atoms with van der Waals surface area (Å²) in [4.78, 5) is 12.5. The van der Waals surface area contributed by atoms with Crippen molar-refractivity contribution in [3.63, 3.8) is 0 Å². The summed E-state index contributed by atoms with van der Waals surface area (Å²) in [5, 5.41) is 28.9. The molecule has 0 unspecified atom stereocenters. The van der Waals surface area contributed by atoms with Crippen molar-refractivity contribution in [3.8, 4) is 6.07 Å². The summed E-state index contributed by atoms with van der Waals surface area (Å²) in [6, 6.07) is 3.74. The van der Waals surface area contributed by atoms with E-state index in [-0.39, 0.29) is 11.8 Å². The van der Waals surface area contributed by atoms with Gasteiger partial charge in [0.05, 0.1) is 30.7 Å². The van der Waals surface area contributed by atoms with Crippen LogP contribution in [0.5, 0.6) is 0 Å². The van der Waals surface area contributed by atoms with Crippen LogP contribution in [0.2, 0.25) is 0 Å². The van der Waals surface area contributed by atoms with E-state index < -0.39 is 5.60 Å². The van der Waals surface area contributed by atoms with Gasteiger partial charge >= 0.3 is 0 Å². The van der Waals surface area contributed by atoms with Crippen LogP contribution >= 0.6 is 0 Å². The second-order valence-electron chi connectivity index (χ2n) is 6.78. The van der Waals surface area contributed by atoms with Crippen molar-refractivity contribution in [3.05, 3.63) is 35.9 Å². The Morgan fingerprint density at radius 1 is 1.30 bits per heavy atom. The fourth-order valence-corrected chi connectivity index (χ4v) is 2.71. The monoisotopic (exact) mass is 369 g/mol. The highest BCUT2D eigenvalue weighted by Crippen LogP contribution is 2.29. The van der Waals surface area contributed by atoms with Gasteiger partial charge in [-0.3, -0.25) is 0 Å². The molecule has 1 aliphatic heterocycles. The fourth-order valence-electron chi connectivity index (χ4n) is 2.71. The molecule has 9 nitrogen and oxygen atoms in total. The van der Waals surface area contributed by atoms with Crippen molar-refractivity contribution in [1.82, 2.24) is 20.3 Å². The lowest BCUT2D eigenvalue weighted by molar-refractivity contribution is 0.0370. The molecule has 2 aromatic heterocycles. The topological polar surface area (TPSA) is 128 Å². The van der Waals surface area contributed by atoms with Crippen LogP contribution in [0.1, 0.15) is 25.1 Å². The Labute approximate surface area is 157 Å². The lowest BCUT2D eigenvalue weighted by atomic mass is 9.98. The molecule has 3 rings (SSSR count). The molecule has 0 spiro atoms. The summed E-state index contributed by atoms with van der Waals surface area (Å²) in [7, 11) is 0. The van der Waals surface area contributed by atoms with Gasteiger partial charge in [0.15, 0.2) is 5.69 Å². The van der Waals surface area contributed by atoms with E-state index in [9.17, 15) is 5.11 Å². The van der Waals surface area contributed by atoms with E-state index in [1.807, 2.05) is 12.1 Å². The van der Waals surface area contributed by atoms with Crippen LogP contribution in [0.15, 0.2) is 24.7 Å². The predicted octanol–water partition coefficient (Wildman–Crippen LogP) is 1.11. The maximum Gasteiger partial charge on any atom is 0.158 e. The van der Waals surface area contributed by atoms with Gasteiger partial charge in [0, 0.05) is 43.1 Å². The number of rotatable bonds is 6. The first kappa shape index (κ1) is 19.0. The van der Waals surface area contributed by atoms with Crippen molar-refractivity contribution >= 4 is 17.3 Å². The van der Waals surface area contributed by atoms with Crippen molar-refractivity contribution < 1.29 is 9.84 Å². The number of anilines is 3. The minimum Gasteiger partial charge on any atom is -0.386 e. The number of morpholine rings is 1. The third kappa shape index (κ3) is 5.10. The van der Waals surface area contributed by atoms with Gasteiger partial charge in [-0.1, -0.05) is 0 Å². The fraction of sp³-hybridized carbons (Fsp3) is 0.444. The van der Waals surface area contributed by atoms with Gasteiger partial charge in [-0.25, -0.2) is 15.0 Å². The normalized spacial score (nSPS) is 17.2. The standard InChI is InChI=1S/C18H23N7O2/c1-18(2,26)14-10-24-16(25-17-11-21-12(6-19)7-23-17)5-15(14)22-9-13-8-20-3-4-27-13/h5,7,10-11,13,20,26H,3-4,8-9H2,1-2H3,(H2,22,23,24,25)/t13-/m1/s1. The second kappa shape index (κ2) is 8.26. The van der Waals surface area contributed by atoms with Crippen LogP contribution in [-0.2, 0) is 10.3 Å². The first-order valence-corrected chi connectivity index (χ1v) is 8.74. The Kier molecular flexibility index (Phi) is 5.81. The highest BCUT2D eigenvalue weighted by molar-refractivity contribution is 5.62. The second-order valence-corrected chi connectivity index (χ2v) is 6.78. The highest BCUT2D eigenvalue weighted by Gasteiger charge is 2.22. The van der Waals surface area contributed by atoms with Crippen molar-refractivity contribution in [1.29, 1.82) is 5.26 Å². The Balaban J connectivity index is 1.77. The maximum absolute atomic E-state index is 10.4. The van der Waals surface area contributed by atoms with E-state index in [2.05, 4.69) is 30.9 Å². The molecule has 1 atom stereocenters. The third-order valence-electron chi connectivity index (χ3n) is 4.11. The summed E-state index contributed by atoms with van der Waals surface area (Å²) in [5.41, 5.74) is 0.640. The van der Waals surface area contributed by atoms with Crippen LogP contribution in [0.3, 0.4) is 0 Å². The molecule has 1 fully saturated rings. The molecule has 27 heavy (non-hydrogen) atoms. The largest absolute Gasteiger partial charge is 0.386 e. The molecule has 0 aromatic carbocycles. The molecule has 0 saturated carbocycles. The first-order valence-electron chi connectivity index (χ1n) is 8.74. The molecule has 2 aromatic rings. The van der Waals surface area contributed by atoms with Crippen molar-refractivity contribution in [2.75, 3.05) is 36.9 Å². The average Bonchev–Trinajstić information content (AvgIpc) is 2.67. The van der Waals surface area contributed by atoms with Crippen LogP contribution in [0, 0.1) is 11.3 Å². The van der Waals surface area contributed by atoms with Gasteiger partial charge < -0.3 is 25.8 Å². The molecule has 142 valence electrons. The van der Waals surface area contributed by atoms with E-state index in [4.69, 9.17) is 10.00 Å². The molecule has 0 aliphatic carbocycles. The molecule has 1 saturated heterocycles. The van der Waals surface area contributed by atoms with E-state index in [0.29, 0.717) is 30.4 Å². The van der Waals surface area contributed by atoms with Crippen LogP contribution < -0.4 is 16.0 Å². The Morgan fingerprint density at radius 3 is 2.74 bits per heavy atom. The molecule has 3 heterocycles. The molecule has 4 N–H and O–H groups in total. The number of hydrogen-bond acceptors (Lipinski definition) is 9. The Hall–Kier alpha value is -2.80. The Bertz CT molecular complexity index is 806. The quantitative estimate of drug-likeness (QED) is 0.592. The summed E-state index contributed by atoms with van der Waals surface area (Å²) in [5.74, 6) is 1.02. The van der Waals surface area contributed by atoms with Gasteiger partial charge in [0.25, 0.3) is 0 Å². The number of aliphatic hydroxyl groups is 1. The molecule has 9 heteroatoms. The number of aromatic nitrogens is 3. The maximum atomic E-state index is 10.4. The molecular formula is C18H23N7O2. The smallest absolute Gasteiger partial charge is 0.158 e. The summed E-state index contributed by atoms with van der Waals surface area (Å²) in [6.45, 7) is 6.36. The molecular weight excluding hydrogens is 346 g/mol. The summed E-state index contributed by atoms with van der Waals surface area (Å²) >= 11 is 0. The predicted molar refractivity (Wildman–Crippen MR) is 101 cm³/mol. The van der Waals surface area contributed by atoms with Crippen molar-refractivity contribution in [2.45, 2.75) is 25.6 Å². The van der Waals surface area contributed by atoms with E-state index in [1.54, 1.807) is 20.0 Å². The van der Waals surface area contributed by atoms with E-state index in [1.165, 1.54) is 12.4 Å². The zero-order valence-corrected chi connectivity index (χ0v) is 15.4. The van der Waals surface area contributed by atoms with Gasteiger partial charge in [-0.2, -0.15) is 5.26 Å². The molecule has 0 bridgehead atoms. The number of ether oxygens (including phenoxy) is 1. The lowest BCUT2D eigenvalue weighted by Crippen LogP contribution is -2.42. The van der Waals surface area contributed by atoms with Gasteiger partial charge in [0.1, 0.15) is 17.7 Å². The van der Waals surface area contributed by atoms with Gasteiger partial charge in [0.2, 0.25) is 0 Å². The zero-order chi connectivity index (χ0) is 19.3. The third-order valence-corrected chi connectivity index (χ3v) is 4.11. The first-order chi connectivity index (χ1) is 13.0. The highest BCUT2D eigenvalue weighted by atomic mass is 16.5. The van der Waals surface area contributed by atoms with Crippen LogP contribution in [0.25, 0.3) is 0 Å². The minimum absolute atomic E-state index is 0.0578. The van der Waals surface area contributed by atoms with E-state index in [0.717, 1.165) is 18.8 Å². The summed E-state index contributed by atoms with van der Waals surface area (Å²) in [6.07, 6.45) is 4.54. The average molecular weight is 369 g/mol. The van der Waals surface area contributed by atoms with Crippen LogP contribution in [0.4, 0.5) is 17.3 Å². The molecule has 0 radical (unpaired) electrons. The number of nitrogens with zero attached hydrogens (tertiary/aromatic N) is 4.